The molecular formula is C13H23NO2. The monoisotopic (exact) mass is 225 g/mol. The molecule has 0 unspecified atom stereocenters. The smallest absolute Gasteiger partial charge is 0.306 e. The largest absolute Gasteiger partial charge is 0.466 e. The zero-order chi connectivity index (χ0) is 11.4. The van der Waals surface area contributed by atoms with Gasteiger partial charge in [-0.1, -0.05) is 6.42 Å². The highest BCUT2D eigenvalue weighted by Crippen LogP contribution is 2.34. The lowest BCUT2D eigenvalue weighted by Gasteiger charge is -2.28. The molecule has 2 rings (SSSR count). The van der Waals surface area contributed by atoms with Crippen molar-refractivity contribution in [3.8, 4) is 0 Å². The average Bonchev–Trinajstić information content (AvgIpc) is 2.86. The molecule has 1 heterocycles. The van der Waals surface area contributed by atoms with Crippen molar-refractivity contribution in [2.24, 2.45) is 5.92 Å². The fourth-order valence-corrected chi connectivity index (χ4v) is 3.24. The van der Waals surface area contributed by atoms with E-state index >= 15 is 0 Å². The molecule has 0 radical (unpaired) electrons. The highest BCUT2D eigenvalue weighted by atomic mass is 16.5. The summed E-state index contributed by atoms with van der Waals surface area (Å²) in [5.41, 5.74) is 0. The molecule has 0 aromatic carbocycles. The highest BCUT2D eigenvalue weighted by molar-refractivity contribution is 5.69. The zero-order valence-corrected chi connectivity index (χ0v) is 10.3. The van der Waals surface area contributed by atoms with Crippen LogP contribution in [0.2, 0.25) is 0 Å². The summed E-state index contributed by atoms with van der Waals surface area (Å²) in [5.74, 6) is 0.552. The number of hydrogen-bond acceptors (Lipinski definition) is 3. The first kappa shape index (κ1) is 11.9. The summed E-state index contributed by atoms with van der Waals surface area (Å²) in [6.45, 7) is 4.87. The van der Waals surface area contributed by atoms with Crippen molar-refractivity contribution in [1.82, 2.24) is 4.90 Å². The maximum Gasteiger partial charge on any atom is 0.306 e. The summed E-state index contributed by atoms with van der Waals surface area (Å²) in [6, 6.07) is 0.659. The van der Waals surface area contributed by atoms with E-state index in [-0.39, 0.29) is 5.97 Å². The summed E-state index contributed by atoms with van der Waals surface area (Å²) < 4.78 is 5.06. The lowest BCUT2D eigenvalue weighted by atomic mass is 9.98. The average molecular weight is 225 g/mol. The number of nitrogens with zero attached hydrogens (tertiary/aromatic N) is 1. The van der Waals surface area contributed by atoms with Crippen LogP contribution in [0.25, 0.3) is 0 Å². The lowest BCUT2D eigenvalue weighted by molar-refractivity contribution is -0.144. The van der Waals surface area contributed by atoms with Gasteiger partial charge >= 0.3 is 5.97 Å². The van der Waals surface area contributed by atoms with Gasteiger partial charge in [-0.25, -0.2) is 0 Å². The van der Waals surface area contributed by atoms with E-state index in [0.29, 0.717) is 25.0 Å². The van der Waals surface area contributed by atoms with Crippen molar-refractivity contribution < 1.29 is 9.53 Å². The third kappa shape index (κ3) is 2.76. The van der Waals surface area contributed by atoms with Crippen LogP contribution in [0.15, 0.2) is 0 Å². The maximum absolute atomic E-state index is 11.5. The van der Waals surface area contributed by atoms with Gasteiger partial charge in [0, 0.05) is 12.5 Å². The minimum atomic E-state index is -0.00130. The molecule has 3 heteroatoms. The van der Waals surface area contributed by atoms with Crippen molar-refractivity contribution >= 4 is 5.97 Å². The fraction of sp³-hybridized carbons (Fsp3) is 0.923. The predicted molar refractivity (Wildman–Crippen MR) is 63.2 cm³/mol. The standard InChI is InChI=1S/C13H23NO2/c1-2-16-13(15)10-11-6-5-7-12(11)14-8-3-4-9-14/h11-12H,2-10H2,1H3/t11-,12-/m1/s1. The molecule has 0 spiro atoms. The van der Waals surface area contributed by atoms with Crippen LogP contribution >= 0.6 is 0 Å². The second-order valence-electron chi connectivity index (χ2n) is 5.01. The summed E-state index contributed by atoms with van der Waals surface area (Å²) in [6.07, 6.45) is 7.08. The molecule has 0 N–H and O–H groups in total. The molecule has 1 saturated heterocycles. The van der Waals surface area contributed by atoms with Gasteiger partial charge in [-0.15, -0.1) is 0 Å². The predicted octanol–water partition coefficient (Wildman–Crippen LogP) is 2.20. The Hall–Kier alpha value is -0.570. The van der Waals surface area contributed by atoms with E-state index in [4.69, 9.17) is 4.74 Å². The van der Waals surface area contributed by atoms with Crippen LogP contribution in [-0.4, -0.2) is 36.6 Å². The first-order chi connectivity index (χ1) is 7.81. The molecule has 2 aliphatic rings. The first-order valence-corrected chi connectivity index (χ1v) is 6.71. The highest BCUT2D eigenvalue weighted by Gasteiger charge is 2.34. The van der Waals surface area contributed by atoms with Gasteiger partial charge in [0.2, 0.25) is 0 Å². The Balaban J connectivity index is 1.85. The number of esters is 1. The second-order valence-corrected chi connectivity index (χ2v) is 5.01. The SMILES string of the molecule is CCOC(=O)C[C@H]1CCC[C@H]1N1CCCC1. The van der Waals surface area contributed by atoms with Crippen LogP contribution in [0.5, 0.6) is 0 Å². The van der Waals surface area contributed by atoms with Gasteiger partial charge in [0.05, 0.1) is 6.61 Å². The van der Waals surface area contributed by atoms with Crippen LogP contribution in [0.1, 0.15) is 45.4 Å². The van der Waals surface area contributed by atoms with Crippen LogP contribution in [0.3, 0.4) is 0 Å². The van der Waals surface area contributed by atoms with Gasteiger partial charge in [-0.2, -0.15) is 0 Å². The number of ether oxygens (including phenoxy) is 1. The number of carbonyl (C=O) groups is 1. The van der Waals surface area contributed by atoms with E-state index in [1.807, 2.05) is 6.92 Å². The molecule has 92 valence electrons. The molecule has 0 aromatic rings. The van der Waals surface area contributed by atoms with Crippen LogP contribution in [-0.2, 0) is 9.53 Å². The van der Waals surface area contributed by atoms with Gasteiger partial charge in [-0.05, 0) is 51.6 Å². The van der Waals surface area contributed by atoms with Gasteiger partial charge in [-0.3, -0.25) is 4.79 Å². The van der Waals surface area contributed by atoms with E-state index in [9.17, 15) is 4.79 Å². The minimum Gasteiger partial charge on any atom is -0.466 e. The Kier molecular flexibility index (Phi) is 4.22. The van der Waals surface area contributed by atoms with E-state index in [0.717, 1.165) is 0 Å². The molecule has 0 amide bonds. The summed E-state index contributed by atoms with van der Waals surface area (Å²) in [7, 11) is 0. The first-order valence-electron chi connectivity index (χ1n) is 6.71. The van der Waals surface area contributed by atoms with Crippen molar-refractivity contribution in [2.75, 3.05) is 19.7 Å². The summed E-state index contributed by atoms with van der Waals surface area (Å²) in [4.78, 5) is 14.1. The number of likely N-dealkylation sites (tertiary alicyclic amines) is 1. The molecular weight excluding hydrogens is 202 g/mol. The third-order valence-electron chi connectivity index (χ3n) is 3.96. The van der Waals surface area contributed by atoms with E-state index in [1.165, 1.54) is 45.2 Å². The van der Waals surface area contributed by atoms with E-state index < -0.39 is 0 Å². The van der Waals surface area contributed by atoms with Gasteiger partial charge < -0.3 is 9.64 Å². The molecule has 0 bridgehead atoms. The fourth-order valence-electron chi connectivity index (χ4n) is 3.24. The number of carbonyl (C=O) groups excluding carboxylic acids is 1. The van der Waals surface area contributed by atoms with Crippen molar-refractivity contribution in [3.05, 3.63) is 0 Å². The quantitative estimate of drug-likeness (QED) is 0.687. The van der Waals surface area contributed by atoms with Gasteiger partial charge in [0.15, 0.2) is 0 Å². The van der Waals surface area contributed by atoms with Gasteiger partial charge in [0.25, 0.3) is 0 Å². The minimum absolute atomic E-state index is 0.00130. The van der Waals surface area contributed by atoms with Crippen LogP contribution in [0.4, 0.5) is 0 Å². The molecule has 3 nitrogen and oxygen atoms in total. The zero-order valence-electron chi connectivity index (χ0n) is 10.3. The van der Waals surface area contributed by atoms with Crippen molar-refractivity contribution in [1.29, 1.82) is 0 Å². The summed E-state index contributed by atoms with van der Waals surface area (Å²) in [5, 5.41) is 0. The van der Waals surface area contributed by atoms with Crippen molar-refractivity contribution in [2.45, 2.75) is 51.5 Å². The topological polar surface area (TPSA) is 29.5 Å². The third-order valence-corrected chi connectivity index (χ3v) is 3.96. The Morgan fingerprint density at radius 1 is 1.25 bits per heavy atom. The summed E-state index contributed by atoms with van der Waals surface area (Å²) >= 11 is 0. The normalized spacial score (nSPS) is 30.8. The Morgan fingerprint density at radius 3 is 2.69 bits per heavy atom. The van der Waals surface area contributed by atoms with E-state index in [1.54, 1.807) is 0 Å². The van der Waals surface area contributed by atoms with Crippen LogP contribution < -0.4 is 0 Å². The molecule has 1 saturated carbocycles. The lowest BCUT2D eigenvalue weighted by Crippen LogP contribution is -2.36. The molecule has 2 fully saturated rings. The van der Waals surface area contributed by atoms with E-state index in [2.05, 4.69) is 4.90 Å². The van der Waals surface area contributed by atoms with Gasteiger partial charge in [0.1, 0.15) is 0 Å². The number of hydrogen-bond donors (Lipinski definition) is 0. The molecule has 16 heavy (non-hydrogen) atoms. The molecule has 1 aliphatic carbocycles. The molecule has 0 aromatic heterocycles. The Morgan fingerprint density at radius 2 is 2.00 bits per heavy atom. The Bertz CT molecular complexity index is 236. The maximum atomic E-state index is 11.5. The van der Waals surface area contributed by atoms with Crippen molar-refractivity contribution in [3.63, 3.8) is 0 Å². The molecule has 1 aliphatic heterocycles. The number of rotatable bonds is 4. The van der Waals surface area contributed by atoms with Crippen LogP contribution in [0, 0.1) is 5.92 Å². The molecule has 2 atom stereocenters. The second kappa shape index (κ2) is 5.67. The Labute approximate surface area is 98.1 Å².